The summed E-state index contributed by atoms with van der Waals surface area (Å²) in [5, 5.41) is 10.8. The summed E-state index contributed by atoms with van der Waals surface area (Å²) in [7, 11) is 0. The third-order valence-corrected chi connectivity index (χ3v) is 6.71. The first kappa shape index (κ1) is 28.3. The first-order chi connectivity index (χ1) is 18.8. The highest BCUT2D eigenvalue weighted by Gasteiger charge is 2.36. The number of halogens is 1. The second-order valence-electron chi connectivity index (χ2n) is 10.8. The van der Waals surface area contributed by atoms with Crippen molar-refractivity contribution in [1.82, 2.24) is 25.1 Å². The van der Waals surface area contributed by atoms with Gasteiger partial charge in [-0.3, -0.25) is 19.0 Å². The molecule has 4 rings (SSSR count). The molecule has 4 aromatic rings. The first-order valence-corrected chi connectivity index (χ1v) is 12.6. The van der Waals surface area contributed by atoms with E-state index in [1.54, 1.807) is 13.8 Å². The number of aryl methyl sites for hydroxylation is 1. The Morgan fingerprint density at radius 1 is 1.07 bits per heavy atom. The summed E-state index contributed by atoms with van der Waals surface area (Å²) in [5.41, 5.74) is 5.72. The van der Waals surface area contributed by atoms with E-state index in [-0.39, 0.29) is 23.9 Å². The van der Waals surface area contributed by atoms with Crippen LogP contribution in [0.2, 0.25) is 0 Å². The largest absolute Gasteiger partial charge is 0.417 e. The minimum Gasteiger partial charge on any atom is -0.417 e. The fraction of sp³-hybridized carbons (Fsp3) is 0.310. The Morgan fingerprint density at radius 3 is 2.45 bits per heavy atom. The van der Waals surface area contributed by atoms with Crippen LogP contribution in [0.15, 0.2) is 63.9 Å². The molecule has 1 amide bonds. The number of amides is 1. The van der Waals surface area contributed by atoms with Crippen molar-refractivity contribution in [1.29, 1.82) is 0 Å². The molecule has 0 radical (unpaired) electrons. The van der Waals surface area contributed by atoms with Crippen LogP contribution >= 0.6 is 0 Å². The van der Waals surface area contributed by atoms with Crippen molar-refractivity contribution in [3.05, 3.63) is 93.8 Å². The number of nitrogen functional groups attached to an aromatic ring is 1. The zero-order chi connectivity index (χ0) is 29.2. The number of anilines is 1. The van der Waals surface area contributed by atoms with Crippen molar-refractivity contribution in [2.75, 3.05) is 12.3 Å². The summed E-state index contributed by atoms with van der Waals surface area (Å²) in [6.07, 6.45) is 1.19. The molecule has 2 aromatic carbocycles. The molecule has 40 heavy (non-hydrogen) atoms. The number of hydrogen-bond donors (Lipinski definition) is 2. The SMILES string of the molecule is Cc1cccc(C(C)(C)c2nnc(C(=O)C(C)(C)CNC(=O)Cn3c(-c4ccc(F)cc4)ncc(N)c3=O)o2)c1. The number of hydrogen-bond acceptors (Lipinski definition) is 8. The van der Waals surface area contributed by atoms with E-state index >= 15 is 0 Å². The van der Waals surface area contributed by atoms with Crippen LogP contribution in [0.25, 0.3) is 11.4 Å². The molecule has 0 saturated heterocycles. The van der Waals surface area contributed by atoms with Crippen LogP contribution in [0.1, 0.15) is 55.4 Å². The lowest BCUT2D eigenvalue weighted by Crippen LogP contribution is -2.41. The molecule has 2 aromatic heterocycles. The van der Waals surface area contributed by atoms with Crippen LogP contribution in [-0.2, 0) is 16.8 Å². The van der Waals surface area contributed by atoms with Gasteiger partial charge in [0.2, 0.25) is 17.6 Å². The number of carbonyl (C=O) groups is 2. The lowest BCUT2D eigenvalue weighted by Gasteiger charge is -2.23. The zero-order valence-corrected chi connectivity index (χ0v) is 23.0. The maximum Gasteiger partial charge on any atom is 0.284 e. The second kappa shape index (κ2) is 10.8. The number of Topliss-reactive ketones (excluding diaryl/α,β-unsaturated/α-hetero) is 1. The van der Waals surface area contributed by atoms with Crippen molar-refractivity contribution >= 4 is 17.4 Å². The molecule has 10 nitrogen and oxygen atoms in total. The maximum absolute atomic E-state index is 13.4. The average molecular weight is 547 g/mol. The van der Waals surface area contributed by atoms with E-state index in [0.717, 1.165) is 15.7 Å². The van der Waals surface area contributed by atoms with E-state index in [1.165, 1.54) is 30.5 Å². The van der Waals surface area contributed by atoms with Gasteiger partial charge in [-0.15, -0.1) is 10.2 Å². The summed E-state index contributed by atoms with van der Waals surface area (Å²) in [4.78, 5) is 43.0. The number of nitrogens with zero attached hydrogens (tertiary/aromatic N) is 4. The van der Waals surface area contributed by atoms with Crippen LogP contribution in [-0.4, -0.2) is 38.0 Å². The van der Waals surface area contributed by atoms with E-state index < -0.39 is 40.4 Å². The Hall–Kier alpha value is -4.67. The molecule has 0 fully saturated rings. The number of aromatic nitrogens is 4. The predicted molar refractivity (Wildman–Crippen MR) is 147 cm³/mol. The molecule has 0 aliphatic rings. The Labute approximate surface area is 230 Å². The van der Waals surface area contributed by atoms with Gasteiger partial charge < -0.3 is 15.5 Å². The molecule has 0 aliphatic heterocycles. The quantitative estimate of drug-likeness (QED) is 0.302. The third-order valence-electron chi connectivity index (χ3n) is 6.71. The minimum atomic E-state index is -1.11. The number of ketones is 1. The fourth-order valence-corrected chi connectivity index (χ4v) is 4.10. The molecule has 0 saturated carbocycles. The molecule has 2 heterocycles. The lowest BCUT2D eigenvalue weighted by molar-refractivity contribution is -0.122. The Balaban J connectivity index is 1.47. The van der Waals surface area contributed by atoms with Gasteiger partial charge in [0.15, 0.2) is 0 Å². The number of nitrogens with one attached hydrogen (secondary N) is 1. The highest BCUT2D eigenvalue weighted by atomic mass is 19.1. The Kier molecular flexibility index (Phi) is 7.68. The van der Waals surface area contributed by atoms with Crippen LogP contribution in [0.4, 0.5) is 10.1 Å². The minimum absolute atomic E-state index is 0.0694. The molecule has 0 spiro atoms. The van der Waals surface area contributed by atoms with Crippen molar-refractivity contribution in [2.45, 2.75) is 46.6 Å². The molecule has 0 atom stereocenters. The zero-order valence-electron chi connectivity index (χ0n) is 23.0. The molecular weight excluding hydrogens is 515 g/mol. The van der Waals surface area contributed by atoms with E-state index in [0.29, 0.717) is 11.5 Å². The number of carbonyl (C=O) groups excluding carboxylic acids is 2. The molecule has 0 unspecified atom stereocenters. The average Bonchev–Trinajstić information content (AvgIpc) is 3.42. The van der Waals surface area contributed by atoms with Gasteiger partial charge >= 0.3 is 0 Å². The van der Waals surface area contributed by atoms with Crippen LogP contribution in [0, 0.1) is 18.2 Å². The van der Waals surface area contributed by atoms with Crippen LogP contribution in [0.5, 0.6) is 0 Å². The van der Waals surface area contributed by atoms with Gasteiger partial charge in [0, 0.05) is 12.1 Å². The van der Waals surface area contributed by atoms with Gasteiger partial charge in [-0.25, -0.2) is 9.37 Å². The number of rotatable bonds is 9. The third kappa shape index (κ3) is 5.83. The molecule has 208 valence electrons. The van der Waals surface area contributed by atoms with Crippen molar-refractivity contribution in [3.8, 4) is 11.4 Å². The van der Waals surface area contributed by atoms with Gasteiger partial charge in [-0.05, 0) is 50.6 Å². The van der Waals surface area contributed by atoms with Crippen LogP contribution in [0.3, 0.4) is 0 Å². The summed E-state index contributed by atoms with van der Waals surface area (Å²) in [6.45, 7) is 8.66. The highest BCUT2D eigenvalue weighted by Crippen LogP contribution is 2.32. The van der Waals surface area contributed by atoms with Gasteiger partial charge in [-0.2, -0.15) is 0 Å². The highest BCUT2D eigenvalue weighted by molar-refractivity contribution is 5.96. The lowest BCUT2D eigenvalue weighted by atomic mass is 9.84. The topological polar surface area (TPSA) is 146 Å². The fourth-order valence-electron chi connectivity index (χ4n) is 4.10. The van der Waals surface area contributed by atoms with Gasteiger partial charge in [0.05, 0.1) is 17.0 Å². The standard InChI is InChI=1S/C29H31FN6O4/c1-17-7-6-8-19(13-17)29(4,5)27-35-34-25(40-27)23(38)28(2,3)16-33-22(37)15-36-24(32-14-21(31)26(36)39)18-9-11-20(30)12-10-18/h6-14H,15-16,31H2,1-5H3,(H,33,37). The molecule has 0 aliphatic carbocycles. The van der Waals surface area contributed by atoms with Gasteiger partial charge in [0.1, 0.15) is 23.9 Å². The number of nitrogens with two attached hydrogens (primary N) is 1. The maximum atomic E-state index is 13.4. The van der Waals surface area contributed by atoms with E-state index in [4.69, 9.17) is 10.2 Å². The summed E-state index contributed by atoms with van der Waals surface area (Å²) in [6, 6.07) is 13.3. The van der Waals surface area contributed by atoms with E-state index in [1.807, 2.05) is 45.0 Å². The summed E-state index contributed by atoms with van der Waals surface area (Å²) < 4.78 is 20.3. The van der Waals surface area contributed by atoms with E-state index in [9.17, 15) is 18.8 Å². The monoisotopic (exact) mass is 546 g/mol. The summed E-state index contributed by atoms with van der Waals surface area (Å²) in [5.74, 6) is -1.16. The number of benzene rings is 2. The Bertz CT molecular complexity index is 1620. The van der Waals surface area contributed by atoms with Crippen LogP contribution < -0.4 is 16.6 Å². The Morgan fingerprint density at radius 2 is 1.77 bits per heavy atom. The smallest absolute Gasteiger partial charge is 0.284 e. The molecular formula is C29H31FN6O4. The second-order valence-corrected chi connectivity index (χ2v) is 10.8. The summed E-state index contributed by atoms with van der Waals surface area (Å²) >= 11 is 0. The van der Waals surface area contributed by atoms with Crippen molar-refractivity contribution in [2.24, 2.45) is 5.41 Å². The molecule has 3 N–H and O–H groups in total. The van der Waals surface area contributed by atoms with Crippen molar-refractivity contribution in [3.63, 3.8) is 0 Å². The van der Waals surface area contributed by atoms with E-state index in [2.05, 4.69) is 20.5 Å². The van der Waals surface area contributed by atoms with Gasteiger partial charge in [-0.1, -0.05) is 43.7 Å². The normalized spacial score (nSPS) is 11.8. The molecule has 0 bridgehead atoms. The van der Waals surface area contributed by atoms with Gasteiger partial charge in [0.25, 0.3) is 11.4 Å². The predicted octanol–water partition coefficient (Wildman–Crippen LogP) is 3.67. The van der Waals surface area contributed by atoms with Crippen molar-refractivity contribution < 1.29 is 18.4 Å². The first-order valence-electron chi connectivity index (χ1n) is 12.6. The molecule has 11 heteroatoms.